The number of aromatic nitrogens is 1. The molecule has 1 fully saturated rings. The fraction of sp³-hybridized carbons (Fsp3) is 0.462. The Hall–Kier alpha value is -0.970. The standard InChI is InChI=1S/C13H17N3S/c14-7-10-5-6-16(8-10)9-13-15-11-3-1-2-4-12(11)17-13/h1-4,10H,5-9,14H2. The van der Waals surface area contributed by atoms with Crippen molar-refractivity contribution < 1.29 is 0 Å². The van der Waals surface area contributed by atoms with Gasteiger partial charge in [-0.1, -0.05) is 12.1 Å². The predicted octanol–water partition coefficient (Wildman–Crippen LogP) is 2.08. The molecule has 3 nitrogen and oxygen atoms in total. The van der Waals surface area contributed by atoms with Gasteiger partial charge in [0, 0.05) is 6.54 Å². The summed E-state index contributed by atoms with van der Waals surface area (Å²) in [7, 11) is 0. The zero-order valence-electron chi connectivity index (χ0n) is 9.80. The number of rotatable bonds is 3. The minimum absolute atomic E-state index is 0.685. The zero-order chi connectivity index (χ0) is 11.7. The molecule has 1 aromatic heterocycles. The molecule has 0 saturated carbocycles. The SMILES string of the molecule is NCC1CCN(Cc2nc3ccccc3s2)C1. The lowest BCUT2D eigenvalue weighted by Crippen LogP contribution is -2.22. The second-order valence-corrected chi connectivity index (χ2v) is 5.82. The van der Waals surface area contributed by atoms with Gasteiger partial charge in [0.2, 0.25) is 0 Å². The number of hydrogen-bond donors (Lipinski definition) is 1. The summed E-state index contributed by atoms with van der Waals surface area (Å²) >= 11 is 1.81. The van der Waals surface area contributed by atoms with Gasteiger partial charge in [-0.15, -0.1) is 11.3 Å². The van der Waals surface area contributed by atoms with E-state index in [1.807, 2.05) is 17.4 Å². The van der Waals surface area contributed by atoms with Crippen LogP contribution in [0.2, 0.25) is 0 Å². The second-order valence-electron chi connectivity index (χ2n) is 4.70. The number of likely N-dealkylation sites (tertiary alicyclic amines) is 1. The van der Waals surface area contributed by atoms with E-state index in [0.29, 0.717) is 5.92 Å². The van der Waals surface area contributed by atoms with Crippen molar-refractivity contribution in [2.75, 3.05) is 19.6 Å². The van der Waals surface area contributed by atoms with Crippen molar-refractivity contribution in [3.05, 3.63) is 29.3 Å². The summed E-state index contributed by atoms with van der Waals surface area (Å²) in [6, 6.07) is 8.35. The molecule has 1 unspecified atom stereocenters. The van der Waals surface area contributed by atoms with Crippen LogP contribution in [0.1, 0.15) is 11.4 Å². The van der Waals surface area contributed by atoms with Gasteiger partial charge in [-0.05, 0) is 37.6 Å². The number of fused-ring (bicyclic) bond motifs is 1. The molecule has 1 aliphatic rings. The summed E-state index contributed by atoms with van der Waals surface area (Å²) in [5.74, 6) is 0.685. The van der Waals surface area contributed by atoms with Gasteiger partial charge in [0.05, 0.1) is 16.8 Å². The van der Waals surface area contributed by atoms with Crippen molar-refractivity contribution in [1.82, 2.24) is 9.88 Å². The van der Waals surface area contributed by atoms with Crippen LogP contribution in [0.5, 0.6) is 0 Å². The molecule has 0 aliphatic carbocycles. The average molecular weight is 247 g/mol. The summed E-state index contributed by atoms with van der Waals surface area (Å²) in [4.78, 5) is 7.14. The van der Waals surface area contributed by atoms with E-state index in [1.165, 1.54) is 16.1 Å². The van der Waals surface area contributed by atoms with Crippen LogP contribution in [0.4, 0.5) is 0 Å². The number of benzene rings is 1. The number of para-hydroxylation sites is 1. The summed E-state index contributed by atoms with van der Waals surface area (Å²) in [6.07, 6.45) is 1.24. The Morgan fingerprint density at radius 1 is 1.41 bits per heavy atom. The van der Waals surface area contributed by atoms with Crippen LogP contribution in [-0.4, -0.2) is 29.5 Å². The van der Waals surface area contributed by atoms with E-state index in [4.69, 9.17) is 5.73 Å². The molecule has 4 heteroatoms. The maximum Gasteiger partial charge on any atom is 0.108 e. The largest absolute Gasteiger partial charge is 0.330 e. The lowest BCUT2D eigenvalue weighted by atomic mass is 10.1. The molecular weight excluding hydrogens is 230 g/mol. The third kappa shape index (κ3) is 2.34. The lowest BCUT2D eigenvalue weighted by molar-refractivity contribution is 0.317. The number of thiazole rings is 1. The van der Waals surface area contributed by atoms with Crippen molar-refractivity contribution >= 4 is 21.6 Å². The smallest absolute Gasteiger partial charge is 0.108 e. The fourth-order valence-electron chi connectivity index (χ4n) is 2.43. The lowest BCUT2D eigenvalue weighted by Gasteiger charge is -2.13. The zero-order valence-corrected chi connectivity index (χ0v) is 10.6. The van der Waals surface area contributed by atoms with Gasteiger partial charge in [-0.25, -0.2) is 4.98 Å². The first-order chi connectivity index (χ1) is 8.35. The van der Waals surface area contributed by atoms with Gasteiger partial charge in [-0.3, -0.25) is 4.90 Å². The molecule has 0 bridgehead atoms. The van der Waals surface area contributed by atoms with Crippen LogP contribution in [0, 0.1) is 5.92 Å². The Kier molecular flexibility index (Phi) is 3.09. The molecule has 90 valence electrons. The Morgan fingerprint density at radius 2 is 2.29 bits per heavy atom. The third-order valence-electron chi connectivity index (χ3n) is 3.40. The highest BCUT2D eigenvalue weighted by Crippen LogP contribution is 2.24. The number of nitrogens with zero attached hydrogens (tertiary/aromatic N) is 2. The maximum atomic E-state index is 5.71. The molecule has 0 radical (unpaired) electrons. The third-order valence-corrected chi connectivity index (χ3v) is 4.42. The minimum Gasteiger partial charge on any atom is -0.330 e. The highest BCUT2D eigenvalue weighted by molar-refractivity contribution is 7.18. The highest BCUT2D eigenvalue weighted by atomic mass is 32.1. The molecule has 3 rings (SSSR count). The Balaban J connectivity index is 1.73. The first kappa shape index (κ1) is 11.1. The van der Waals surface area contributed by atoms with Crippen LogP contribution in [0.25, 0.3) is 10.2 Å². The molecule has 1 aromatic carbocycles. The maximum absolute atomic E-state index is 5.71. The molecule has 2 aromatic rings. The minimum atomic E-state index is 0.685. The molecule has 1 saturated heterocycles. The van der Waals surface area contributed by atoms with Crippen LogP contribution in [0.3, 0.4) is 0 Å². The average Bonchev–Trinajstić information content (AvgIpc) is 2.94. The van der Waals surface area contributed by atoms with Crippen molar-refractivity contribution in [2.45, 2.75) is 13.0 Å². The normalized spacial score (nSPS) is 21.4. The quantitative estimate of drug-likeness (QED) is 0.903. The Morgan fingerprint density at radius 3 is 3.06 bits per heavy atom. The van der Waals surface area contributed by atoms with Crippen molar-refractivity contribution in [2.24, 2.45) is 11.7 Å². The van der Waals surface area contributed by atoms with E-state index in [-0.39, 0.29) is 0 Å². The van der Waals surface area contributed by atoms with Gasteiger partial charge in [0.15, 0.2) is 0 Å². The van der Waals surface area contributed by atoms with Gasteiger partial charge < -0.3 is 5.73 Å². The Labute approximate surface area is 105 Å². The summed E-state index contributed by atoms with van der Waals surface area (Å²) in [5, 5.41) is 1.23. The predicted molar refractivity (Wildman–Crippen MR) is 72.1 cm³/mol. The van der Waals surface area contributed by atoms with Crippen molar-refractivity contribution in [3.63, 3.8) is 0 Å². The van der Waals surface area contributed by atoms with Crippen LogP contribution >= 0.6 is 11.3 Å². The summed E-state index contributed by atoms with van der Waals surface area (Å²) in [5.41, 5.74) is 6.84. The van der Waals surface area contributed by atoms with Crippen molar-refractivity contribution in [3.8, 4) is 0 Å². The van der Waals surface area contributed by atoms with Gasteiger partial charge in [0.1, 0.15) is 5.01 Å². The van der Waals surface area contributed by atoms with E-state index in [2.05, 4.69) is 28.1 Å². The highest BCUT2D eigenvalue weighted by Gasteiger charge is 2.21. The van der Waals surface area contributed by atoms with E-state index < -0.39 is 0 Å². The second kappa shape index (κ2) is 4.72. The molecular formula is C13H17N3S. The van der Waals surface area contributed by atoms with Gasteiger partial charge in [-0.2, -0.15) is 0 Å². The molecule has 17 heavy (non-hydrogen) atoms. The molecule has 0 spiro atoms. The monoisotopic (exact) mass is 247 g/mol. The molecule has 1 aliphatic heterocycles. The van der Waals surface area contributed by atoms with Gasteiger partial charge in [0.25, 0.3) is 0 Å². The molecule has 1 atom stereocenters. The van der Waals surface area contributed by atoms with Crippen LogP contribution < -0.4 is 5.73 Å². The summed E-state index contributed by atoms with van der Waals surface area (Å²) in [6.45, 7) is 4.09. The van der Waals surface area contributed by atoms with Crippen molar-refractivity contribution in [1.29, 1.82) is 0 Å². The fourth-order valence-corrected chi connectivity index (χ4v) is 3.44. The van der Waals surface area contributed by atoms with Gasteiger partial charge >= 0.3 is 0 Å². The molecule has 0 amide bonds. The topological polar surface area (TPSA) is 42.1 Å². The van der Waals surface area contributed by atoms with E-state index in [0.717, 1.165) is 31.7 Å². The first-order valence-corrected chi connectivity index (χ1v) is 6.93. The number of nitrogens with two attached hydrogens (primary N) is 1. The Bertz CT molecular complexity index is 475. The van der Waals surface area contributed by atoms with E-state index in [9.17, 15) is 0 Å². The summed E-state index contributed by atoms with van der Waals surface area (Å²) < 4.78 is 1.29. The van der Waals surface area contributed by atoms with Crippen LogP contribution in [-0.2, 0) is 6.54 Å². The molecule has 2 heterocycles. The molecule has 2 N–H and O–H groups in total. The van der Waals surface area contributed by atoms with E-state index >= 15 is 0 Å². The van der Waals surface area contributed by atoms with Crippen LogP contribution in [0.15, 0.2) is 24.3 Å². The number of hydrogen-bond acceptors (Lipinski definition) is 4. The first-order valence-electron chi connectivity index (χ1n) is 6.12. The van der Waals surface area contributed by atoms with E-state index in [1.54, 1.807) is 0 Å².